The Kier molecular flexibility index (Phi) is 4.21. The zero-order valence-electron chi connectivity index (χ0n) is 14.2. The number of thiophene rings is 2. The molecule has 3 nitrogen and oxygen atoms in total. The molecule has 0 spiro atoms. The van der Waals surface area contributed by atoms with Crippen molar-refractivity contribution in [3.8, 4) is 11.3 Å². The van der Waals surface area contributed by atoms with Gasteiger partial charge in [-0.15, -0.1) is 22.7 Å². The molecule has 1 aliphatic heterocycles. The Labute approximate surface area is 160 Å². The van der Waals surface area contributed by atoms with Crippen molar-refractivity contribution in [2.45, 2.75) is 19.0 Å². The van der Waals surface area contributed by atoms with Crippen LogP contribution in [-0.2, 0) is 13.0 Å². The molecular weight excluding hydrogens is 360 g/mol. The molecule has 4 heterocycles. The third-order valence-electron chi connectivity index (χ3n) is 4.87. The third-order valence-corrected chi connectivity index (χ3v) is 6.79. The normalized spacial score (nSPS) is 17.3. The lowest BCUT2D eigenvalue weighted by Gasteiger charge is -2.34. The molecule has 0 radical (unpaired) electrons. The Morgan fingerprint density at radius 2 is 1.96 bits per heavy atom. The monoisotopic (exact) mass is 378 g/mol. The first-order chi connectivity index (χ1) is 12.9. The van der Waals surface area contributed by atoms with Gasteiger partial charge in [0, 0.05) is 27.9 Å². The lowest BCUT2D eigenvalue weighted by atomic mass is 9.98. The van der Waals surface area contributed by atoms with Crippen LogP contribution in [0.4, 0.5) is 0 Å². The van der Waals surface area contributed by atoms with Crippen molar-refractivity contribution >= 4 is 22.7 Å². The number of hydrogen-bond acceptors (Lipinski definition) is 5. The lowest BCUT2D eigenvalue weighted by molar-refractivity contribution is 0.185. The summed E-state index contributed by atoms with van der Waals surface area (Å²) in [4.78, 5) is 5.42. The summed E-state index contributed by atoms with van der Waals surface area (Å²) >= 11 is 3.71. The quantitative estimate of drug-likeness (QED) is 0.462. The Balaban J connectivity index is 1.44. The van der Waals surface area contributed by atoms with Crippen LogP contribution in [0.25, 0.3) is 11.3 Å². The molecule has 1 atom stereocenters. The molecule has 0 saturated carbocycles. The minimum atomic E-state index is 0.315. The number of nitrogens with zero attached hydrogens (tertiary/aromatic N) is 2. The SMILES string of the molecule is c1ccc(-c2cc(CN3CCc4sccc4C3c3cccs3)on2)cc1. The zero-order chi connectivity index (χ0) is 17.3. The van der Waals surface area contributed by atoms with E-state index < -0.39 is 0 Å². The topological polar surface area (TPSA) is 29.3 Å². The summed E-state index contributed by atoms with van der Waals surface area (Å²) in [7, 11) is 0. The van der Waals surface area contributed by atoms with Crippen LogP contribution in [0, 0.1) is 0 Å². The average Bonchev–Trinajstić information content (AvgIpc) is 3.44. The molecule has 130 valence electrons. The molecule has 0 aliphatic carbocycles. The second-order valence-electron chi connectivity index (χ2n) is 6.48. The molecule has 0 fully saturated rings. The van der Waals surface area contributed by atoms with Gasteiger partial charge in [-0.3, -0.25) is 4.90 Å². The predicted molar refractivity (Wildman–Crippen MR) is 107 cm³/mol. The average molecular weight is 379 g/mol. The summed E-state index contributed by atoms with van der Waals surface area (Å²) < 4.78 is 5.67. The van der Waals surface area contributed by atoms with E-state index in [0.29, 0.717) is 6.04 Å². The summed E-state index contributed by atoms with van der Waals surface area (Å²) in [6.07, 6.45) is 1.11. The number of benzene rings is 1. The van der Waals surface area contributed by atoms with Gasteiger partial charge in [0.05, 0.1) is 12.6 Å². The van der Waals surface area contributed by atoms with Gasteiger partial charge in [0.1, 0.15) is 5.69 Å². The summed E-state index contributed by atoms with van der Waals surface area (Å²) in [5, 5.41) is 8.66. The van der Waals surface area contributed by atoms with E-state index in [1.54, 1.807) is 0 Å². The van der Waals surface area contributed by atoms with Gasteiger partial charge >= 0.3 is 0 Å². The Hall–Kier alpha value is -2.21. The second-order valence-corrected chi connectivity index (χ2v) is 8.46. The van der Waals surface area contributed by atoms with E-state index >= 15 is 0 Å². The molecule has 0 saturated heterocycles. The highest BCUT2D eigenvalue weighted by Gasteiger charge is 2.31. The standard InChI is InChI=1S/C21H18N2OS2/c1-2-5-15(6-3-1)18-13-16(24-22-18)14-23-10-8-19-17(9-12-26-19)21(23)20-7-4-11-25-20/h1-7,9,11-13,21H,8,10,14H2. The smallest absolute Gasteiger partial charge is 0.151 e. The largest absolute Gasteiger partial charge is 0.359 e. The van der Waals surface area contributed by atoms with Gasteiger partial charge in [0.15, 0.2) is 5.76 Å². The van der Waals surface area contributed by atoms with Crippen LogP contribution >= 0.6 is 22.7 Å². The van der Waals surface area contributed by atoms with Crippen LogP contribution in [0.1, 0.15) is 27.1 Å². The van der Waals surface area contributed by atoms with Crippen molar-refractivity contribution in [1.29, 1.82) is 0 Å². The van der Waals surface area contributed by atoms with E-state index in [4.69, 9.17) is 4.52 Å². The van der Waals surface area contributed by atoms with Crippen molar-refractivity contribution in [2.24, 2.45) is 0 Å². The fourth-order valence-corrected chi connectivity index (χ4v) is 5.43. The van der Waals surface area contributed by atoms with Crippen molar-refractivity contribution in [3.63, 3.8) is 0 Å². The molecule has 3 aromatic heterocycles. The van der Waals surface area contributed by atoms with E-state index in [9.17, 15) is 0 Å². The number of aromatic nitrogens is 1. The van der Waals surface area contributed by atoms with Crippen LogP contribution in [0.5, 0.6) is 0 Å². The minimum absolute atomic E-state index is 0.315. The number of rotatable bonds is 4. The number of fused-ring (bicyclic) bond motifs is 1. The fourth-order valence-electron chi connectivity index (χ4n) is 3.65. The molecule has 1 aromatic carbocycles. The van der Waals surface area contributed by atoms with Gasteiger partial charge in [-0.05, 0) is 34.9 Å². The van der Waals surface area contributed by atoms with Gasteiger partial charge in [0.2, 0.25) is 0 Å². The molecule has 0 amide bonds. The summed E-state index contributed by atoms with van der Waals surface area (Å²) in [6.45, 7) is 1.81. The van der Waals surface area contributed by atoms with E-state index in [0.717, 1.165) is 36.5 Å². The van der Waals surface area contributed by atoms with Crippen LogP contribution in [0.2, 0.25) is 0 Å². The van der Waals surface area contributed by atoms with E-state index in [2.05, 4.69) is 57.2 Å². The van der Waals surface area contributed by atoms with Gasteiger partial charge in [-0.1, -0.05) is 41.6 Å². The molecule has 5 heteroatoms. The predicted octanol–water partition coefficient (Wildman–Crippen LogP) is 5.61. The highest BCUT2D eigenvalue weighted by atomic mass is 32.1. The molecule has 26 heavy (non-hydrogen) atoms. The highest BCUT2D eigenvalue weighted by molar-refractivity contribution is 7.10. The maximum absolute atomic E-state index is 5.67. The summed E-state index contributed by atoms with van der Waals surface area (Å²) in [6, 6.07) is 19.3. The second kappa shape index (κ2) is 6.83. The Bertz CT molecular complexity index is 988. The van der Waals surface area contributed by atoms with Crippen molar-refractivity contribution in [3.05, 3.63) is 86.4 Å². The maximum atomic E-state index is 5.67. The summed E-state index contributed by atoms with van der Waals surface area (Å²) in [5.41, 5.74) is 3.45. The first kappa shape index (κ1) is 16.0. The van der Waals surface area contributed by atoms with Crippen molar-refractivity contribution < 1.29 is 4.52 Å². The van der Waals surface area contributed by atoms with E-state index in [-0.39, 0.29) is 0 Å². The molecule has 1 unspecified atom stereocenters. The van der Waals surface area contributed by atoms with E-state index in [1.165, 1.54) is 15.3 Å². The molecule has 4 aromatic rings. The molecule has 1 aliphatic rings. The Morgan fingerprint density at radius 3 is 2.81 bits per heavy atom. The Morgan fingerprint density at radius 1 is 1.04 bits per heavy atom. The van der Waals surface area contributed by atoms with Gasteiger partial charge in [-0.25, -0.2) is 0 Å². The molecule has 0 N–H and O–H groups in total. The molecule has 0 bridgehead atoms. The molecular formula is C21H18N2OS2. The van der Waals surface area contributed by atoms with Crippen LogP contribution in [0.3, 0.4) is 0 Å². The first-order valence-electron chi connectivity index (χ1n) is 8.73. The third kappa shape index (κ3) is 2.92. The summed E-state index contributed by atoms with van der Waals surface area (Å²) in [5.74, 6) is 0.920. The fraction of sp³-hybridized carbons (Fsp3) is 0.190. The number of hydrogen-bond donors (Lipinski definition) is 0. The highest BCUT2D eigenvalue weighted by Crippen LogP contribution is 2.40. The molecule has 5 rings (SSSR count). The van der Waals surface area contributed by atoms with Gasteiger partial charge in [0.25, 0.3) is 0 Å². The van der Waals surface area contributed by atoms with Gasteiger partial charge < -0.3 is 4.52 Å². The van der Waals surface area contributed by atoms with Crippen LogP contribution < -0.4 is 0 Å². The lowest BCUT2D eigenvalue weighted by Crippen LogP contribution is -2.34. The van der Waals surface area contributed by atoms with E-state index in [1.807, 2.05) is 40.9 Å². The van der Waals surface area contributed by atoms with Gasteiger partial charge in [-0.2, -0.15) is 0 Å². The maximum Gasteiger partial charge on any atom is 0.151 e. The van der Waals surface area contributed by atoms with Crippen molar-refractivity contribution in [2.75, 3.05) is 6.54 Å². The minimum Gasteiger partial charge on any atom is -0.359 e. The van der Waals surface area contributed by atoms with Crippen LogP contribution in [0.15, 0.2) is 69.9 Å². The first-order valence-corrected chi connectivity index (χ1v) is 10.5. The van der Waals surface area contributed by atoms with Crippen molar-refractivity contribution in [1.82, 2.24) is 10.1 Å². The van der Waals surface area contributed by atoms with Crippen LogP contribution in [-0.4, -0.2) is 16.6 Å². The zero-order valence-corrected chi connectivity index (χ0v) is 15.8.